The summed E-state index contributed by atoms with van der Waals surface area (Å²) in [5.41, 5.74) is 3.23. The van der Waals surface area contributed by atoms with Crippen LogP contribution in [0.25, 0.3) is 20.8 Å². The molecular formula is C27H29N3O3S2. The van der Waals surface area contributed by atoms with Gasteiger partial charge in [-0.05, 0) is 63.9 Å². The molecule has 0 saturated heterocycles. The zero-order valence-corrected chi connectivity index (χ0v) is 22.4. The molecule has 4 aromatic rings. The van der Waals surface area contributed by atoms with Gasteiger partial charge >= 0.3 is 0 Å². The van der Waals surface area contributed by atoms with E-state index < -0.39 is 0 Å². The molecule has 6 nitrogen and oxygen atoms in total. The number of nitrogens with zero attached hydrogens (tertiary/aromatic N) is 1. The number of fused-ring (bicyclic) bond motifs is 2. The van der Waals surface area contributed by atoms with E-state index in [1.807, 2.05) is 18.2 Å². The smallest absolute Gasteiger partial charge is 0.263 e. The van der Waals surface area contributed by atoms with Crippen molar-refractivity contribution in [3.63, 3.8) is 0 Å². The fourth-order valence-electron chi connectivity index (χ4n) is 5.06. The number of carbonyl (C=O) groups excluding carboxylic acids is 1. The summed E-state index contributed by atoms with van der Waals surface area (Å²) in [5, 5.41) is 8.68. The molecule has 2 aromatic heterocycles. The first-order valence-electron chi connectivity index (χ1n) is 11.5. The number of carbonyl (C=O) groups is 1. The second kappa shape index (κ2) is 8.62. The average Bonchev–Trinajstić information content (AvgIpc) is 3.38. The van der Waals surface area contributed by atoms with Crippen molar-refractivity contribution in [1.82, 2.24) is 10.3 Å². The molecule has 3 heterocycles. The summed E-state index contributed by atoms with van der Waals surface area (Å²) in [6, 6.07) is 13.5. The van der Waals surface area contributed by atoms with Crippen molar-refractivity contribution in [2.45, 2.75) is 45.2 Å². The number of thiazole rings is 1. The normalized spacial score (nSPS) is 16.1. The third-order valence-electron chi connectivity index (χ3n) is 6.23. The van der Waals surface area contributed by atoms with Gasteiger partial charge < -0.3 is 20.1 Å². The predicted octanol–water partition coefficient (Wildman–Crippen LogP) is 6.45. The Bertz CT molecular complexity index is 1380. The highest BCUT2D eigenvalue weighted by Gasteiger charge is 2.41. The van der Waals surface area contributed by atoms with Crippen LogP contribution in [-0.2, 0) is 12.0 Å². The molecule has 2 aromatic carbocycles. The van der Waals surface area contributed by atoms with Gasteiger partial charge in [-0.3, -0.25) is 4.79 Å². The van der Waals surface area contributed by atoms with Gasteiger partial charge in [0.1, 0.15) is 27.1 Å². The lowest BCUT2D eigenvalue weighted by atomic mass is 9.81. The van der Waals surface area contributed by atoms with E-state index in [2.05, 4.69) is 44.4 Å². The van der Waals surface area contributed by atoms with Crippen LogP contribution in [0.4, 0.5) is 5.00 Å². The van der Waals surface area contributed by atoms with Gasteiger partial charge in [-0.2, -0.15) is 0 Å². The van der Waals surface area contributed by atoms with Crippen molar-refractivity contribution in [2.24, 2.45) is 0 Å². The van der Waals surface area contributed by atoms with Gasteiger partial charge in [0.25, 0.3) is 5.91 Å². The second-order valence-corrected chi connectivity index (χ2v) is 12.0. The fraction of sp³-hybridized carbons (Fsp3) is 0.333. The van der Waals surface area contributed by atoms with E-state index in [1.54, 1.807) is 55.1 Å². The third-order valence-corrected chi connectivity index (χ3v) is 8.76. The lowest BCUT2D eigenvalue weighted by Crippen LogP contribution is -2.54. The Labute approximate surface area is 213 Å². The minimum Gasteiger partial charge on any atom is -0.496 e. The quantitative estimate of drug-likeness (QED) is 0.325. The summed E-state index contributed by atoms with van der Waals surface area (Å²) >= 11 is 3.27. The number of methoxy groups -OCH3 is 2. The summed E-state index contributed by atoms with van der Waals surface area (Å²) in [4.78, 5) is 19.8. The van der Waals surface area contributed by atoms with E-state index in [0.717, 1.165) is 32.2 Å². The van der Waals surface area contributed by atoms with Crippen LogP contribution in [0.2, 0.25) is 0 Å². The highest BCUT2D eigenvalue weighted by molar-refractivity contribution is 7.23. The molecule has 1 aliphatic rings. The van der Waals surface area contributed by atoms with Gasteiger partial charge in [-0.1, -0.05) is 18.2 Å². The highest BCUT2D eigenvalue weighted by atomic mass is 32.1. The molecule has 0 atom stereocenters. The molecule has 0 fully saturated rings. The number of ether oxygens (including phenoxy) is 2. The van der Waals surface area contributed by atoms with Crippen LogP contribution in [0.1, 0.15) is 48.5 Å². The fourth-order valence-corrected chi connectivity index (χ4v) is 7.44. The number of hydrogen-bond donors (Lipinski definition) is 2. The third kappa shape index (κ3) is 4.20. The Kier molecular flexibility index (Phi) is 5.86. The van der Waals surface area contributed by atoms with Gasteiger partial charge in [0.15, 0.2) is 0 Å². The zero-order chi connectivity index (χ0) is 25.0. The number of nitrogens with one attached hydrogen (secondary N) is 2. The molecule has 5 rings (SSSR count). The monoisotopic (exact) mass is 507 g/mol. The molecule has 0 unspecified atom stereocenters. The molecule has 0 spiro atoms. The molecule has 35 heavy (non-hydrogen) atoms. The van der Waals surface area contributed by atoms with Crippen LogP contribution in [-0.4, -0.2) is 30.6 Å². The van der Waals surface area contributed by atoms with Crippen molar-refractivity contribution >= 4 is 43.8 Å². The highest BCUT2D eigenvalue weighted by Crippen LogP contribution is 2.50. The maximum Gasteiger partial charge on any atom is 0.263 e. The lowest BCUT2D eigenvalue weighted by Gasteiger charge is -2.42. The van der Waals surface area contributed by atoms with Crippen LogP contribution >= 0.6 is 22.7 Å². The van der Waals surface area contributed by atoms with E-state index in [4.69, 9.17) is 14.5 Å². The first kappa shape index (κ1) is 23.8. The predicted molar refractivity (Wildman–Crippen MR) is 144 cm³/mol. The number of rotatable bonds is 5. The number of benzene rings is 2. The van der Waals surface area contributed by atoms with Crippen molar-refractivity contribution in [1.29, 1.82) is 0 Å². The van der Waals surface area contributed by atoms with Gasteiger partial charge in [0.05, 0.1) is 24.4 Å². The minimum absolute atomic E-state index is 0.101. The van der Waals surface area contributed by atoms with E-state index in [9.17, 15) is 4.79 Å². The molecule has 182 valence electrons. The number of hydrogen-bond acceptors (Lipinski definition) is 7. The first-order chi connectivity index (χ1) is 16.6. The van der Waals surface area contributed by atoms with Crippen LogP contribution in [0.3, 0.4) is 0 Å². The van der Waals surface area contributed by atoms with E-state index >= 15 is 0 Å². The van der Waals surface area contributed by atoms with Gasteiger partial charge in [-0.25, -0.2) is 4.98 Å². The van der Waals surface area contributed by atoms with Crippen LogP contribution < -0.4 is 20.1 Å². The maximum absolute atomic E-state index is 13.6. The van der Waals surface area contributed by atoms with E-state index in [1.165, 1.54) is 10.4 Å². The number of amides is 1. The number of para-hydroxylation sites is 1. The Balaban J connectivity index is 1.69. The summed E-state index contributed by atoms with van der Waals surface area (Å²) in [5.74, 6) is 0.658. The lowest BCUT2D eigenvalue weighted by molar-refractivity contribution is 0.102. The van der Waals surface area contributed by atoms with Gasteiger partial charge in [0.2, 0.25) is 0 Å². The molecular weight excluding hydrogens is 478 g/mol. The van der Waals surface area contributed by atoms with Crippen LogP contribution in [0.5, 0.6) is 11.5 Å². The van der Waals surface area contributed by atoms with E-state index in [-0.39, 0.29) is 17.0 Å². The molecule has 0 radical (unpaired) electrons. The Morgan fingerprint density at radius 3 is 2.34 bits per heavy atom. The SMILES string of the molecule is COc1cccc(OC)c1C(=O)Nc1sc2c(c1-c1nc3ccccc3s1)CC(C)(C)NC2(C)C. The topological polar surface area (TPSA) is 72.5 Å². The summed E-state index contributed by atoms with van der Waals surface area (Å²) in [7, 11) is 3.11. The number of anilines is 1. The molecule has 0 saturated carbocycles. The number of aromatic nitrogens is 1. The Morgan fingerprint density at radius 1 is 1.00 bits per heavy atom. The minimum atomic E-state index is -0.273. The first-order valence-corrected chi connectivity index (χ1v) is 13.1. The summed E-state index contributed by atoms with van der Waals surface area (Å²) < 4.78 is 12.1. The maximum atomic E-state index is 13.6. The van der Waals surface area contributed by atoms with Crippen molar-refractivity contribution in [3.8, 4) is 22.1 Å². The Hall–Kier alpha value is -2.94. The van der Waals surface area contributed by atoms with Gasteiger partial charge in [-0.15, -0.1) is 22.7 Å². The van der Waals surface area contributed by atoms with Crippen molar-refractivity contribution < 1.29 is 14.3 Å². The Morgan fingerprint density at radius 2 is 1.69 bits per heavy atom. The molecule has 1 aliphatic heterocycles. The zero-order valence-electron chi connectivity index (χ0n) is 20.7. The molecule has 0 aliphatic carbocycles. The molecule has 1 amide bonds. The standard InChI is InChI=1S/C27H29N3O3S2/c1-26(2)14-15-20(24-28-16-10-7-8-13-19(16)34-24)25(35-22(15)27(3,4)30-26)29-23(31)21-17(32-5)11-9-12-18(21)33-6/h7-13,30H,14H2,1-6H3,(H,29,31). The van der Waals surface area contributed by atoms with E-state index in [0.29, 0.717) is 17.1 Å². The number of thiophene rings is 1. The molecule has 8 heteroatoms. The summed E-state index contributed by atoms with van der Waals surface area (Å²) in [6.45, 7) is 8.82. The van der Waals surface area contributed by atoms with Crippen molar-refractivity contribution in [2.75, 3.05) is 19.5 Å². The second-order valence-electron chi connectivity index (χ2n) is 9.90. The van der Waals surface area contributed by atoms with Crippen LogP contribution in [0.15, 0.2) is 42.5 Å². The van der Waals surface area contributed by atoms with Crippen LogP contribution in [0, 0.1) is 0 Å². The van der Waals surface area contributed by atoms with Gasteiger partial charge in [0, 0.05) is 21.5 Å². The largest absolute Gasteiger partial charge is 0.496 e. The molecule has 2 N–H and O–H groups in total. The average molecular weight is 508 g/mol. The summed E-state index contributed by atoms with van der Waals surface area (Å²) in [6.07, 6.45) is 0.835. The van der Waals surface area contributed by atoms with Crippen molar-refractivity contribution in [3.05, 3.63) is 58.5 Å². The molecule has 0 bridgehead atoms.